The Kier molecular flexibility index (Phi) is 7.52. The maximum atomic E-state index is 13.5. The van der Waals surface area contributed by atoms with E-state index in [-0.39, 0.29) is 36.5 Å². The number of nitriles is 2. The highest BCUT2D eigenvalue weighted by Crippen LogP contribution is 2.15. The Morgan fingerprint density at radius 1 is 1.22 bits per heavy atom. The van der Waals surface area contributed by atoms with Crippen LogP contribution in [0.3, 0.4) is 0 Å². The Morgan fingerprint density at radius 2 is 1.83 bits per heavy atom. The first-order valence-corrected chi connectivity index (χ1v) is 7.01. The van der Waals surface area contributed by atoms with Gasteiger partial charge in [-0.1, -0.05) is 11.6 Å². The predicted octanol–water partition coefficient (Wildman–Crippen LogP) is 2.29. The van der Waals surface area contributed by atoms with Crippen LogP contribution in [0.4, 0.5) is 4.39 Å². The van der Waals surface area contributed by atoms with Gasteiger partial charge in [-0.2, -0.15) is 10.5 Å². The summed E-state index contributed by atoms with van der Waals surface area (Å²) in [6.07, 6.45) is 0.183. The number of benzene rings is 1. The van der Waals surface area contributed by atoms with Crippen molar-refractivity contribution in [2.45, 2.75) is 12.8 Å². The fourth-order valence-electron chi connectivity index (χ4n) is 1.68. The molecule has 0 radical (unpaired) electrons. The van der Waals surface area contributed by atoms with Crippen LogP contribution in [0.2, 0.25) is 5.02 Å². The van der Waals surface area contributed by atoms with E-state index in [2.05, 4.69) is 0 Å². The fourth-order valence-corrected chi connectivity index (χ4v) is 1.85. The van der Waals surface area contributed by atoms with E-state index >= 15 is 0 Å². The third kappa shape index (κ3) is 5.93. The Morgan fingerprint density at radius 3 is 2.39 bits per heavy atom. The van der Waals surface area contributed by atoms with Gasteiger partial charge in [-0.15, -0.1) is 0 Å². The molecule has 0 heterocycles. The highest BCUT2D eigenvalue weighted by molar-refractivity contribution is 6.30. The molecule has 1 amide bonds. The first-order chi connectivity index (χ1) is 11.0. The van der Waals surface area contributed by atoms with Crippen LogP contribution in [-0.2, 0) is 9.53 Å². The lowest BCUT2D eigenvalue weighted by Gasteiger charge is -2.20. The minimum Gasteiger partial charge on any atom is -0.452 e. The number of hydrogen-bond acceptors (Lipinski definition) is 5. The van der Waals surface area contributed by atoms with E-state index in [0.29, 0.717) is 0 Å². The van der Waals surface area contributed by atoms with Gasteiger partial charge in [-0.05, 0) is 18.2 Å². The summed E-state index contributed by atoms with van der Waals surface area (Å²) in [5.41, 5.74) is -0.370. The molecule has 0 atom stereocenters. The quantitative estimate of drug-likeness (QED) is 0.711. The second-order valence-corrected chi connectivity index (χ2v) is 4.83. The molecule has 0 fully saturated rings. The van der Waals surface area contributed by atoms with Crippen LogP contribution in [0.15, 0.2) is 18.2 Å². The number of halogens is 2. The summed E-state index contributed by atoms with van der Waals surface area (Å²) in [5, 5.41) is 17.3. The van der Waals surface area contributed by atoms with Gasteiger partial charge >= 0.3 is 5.97 Å². The molecule has 0 unspecified atom stereocenters. The van der Waals surface area contributed by atoms with Crippen molar-refractivity contribution in [1.82, 2.24) is 4.90 Å². The van der Waals surface area contributed by atoms with Crippen molar-refractivity contribution in [2.75, 3.05) is 19.7 Å². The molecular formula is C15H13ClFN3O3. The van der Waals surface area contributed by atoms with Gasteiger partial charge in [0.2, 0.25) is 0 Å². The molecule has 1 aromatic carbocycles. The van der Waals surface area contributed by atoms with Gasteiger partial charge in [-0.25, -0.2) is 9.18 Å². The molecule has 0 aromatic heterocycles. The van der Waals surface area contributed by atoms with Gasteiger partial charge < -0.3 is 9.64 Å². The molecular weight excluding hydrogens is 325 g/mol. The summed E-state index contributed by atoms with van der Waals surface area (Å²) < 4.78 is 18.3. The SMILES string of the molecule is N#CCCN(CCC#N)C(=O)COC(=O)c1cc(Cl)ccc1F. The average Bonchev–Trinajstić information content (AvgIpc) is 2.54. The van der Waals surface area contributed by atoms with Gasteiger partial charge in [0.1, 0.15) is 5.82 Å². The summed E-state index contributed by atoms with van der Waals surface area (Å²) in [6.45, 7) is -0.359. The van der Waals surface area contributed by atoms with Crippen molar-refractivity contribution in [1.29, 1.82) is 10.5 Å². The number of amides is 1. The zero-order valence-electron chi connectivity index (χ0n) is 12.1. The molecule has 0 saturated carbocycles. The van der Waals surface area contributed by atoms with Crippen molar-refractivity contribution in [3.63, 3.8) is 0 Å². The van der Waals surface area contributed by atoms with Crippen LogP contribution in [0.1, 0.15) is 23.2 Å². The van der Waals surface area contributed by atoms with Crippen molar-refractivity contribution < 1.29 is 18.7 Å². The lowest BCUT2D eigenvalue weighted by atomic mass is 10.2. The molecule has 1 aromatic rings. The second kappa shape index (κ2) is 9.39. The molecule has 0 bridgehead atoms. The number of hydrogen-bond donors (Lipinski definition) is 0. The Hall–Kier alpha value is -2.64. The smallest absolute Gasteiger partial charge is 0.341 e. The molecule has 1 rings (SSSR count). The van der Waals surface area contributed by atoms with E-state index in [1.165, 1.54) is 11.0 Å². The number of carbonyl (C=O) groups is 2. The molecule has 8 heteroatoms. The number of ether oxygens (including phenoxy) is 1. The normalized spacial score (nSPS) is 9.57. The van der Waals surface area contributed by atoms with E-state index in [4.69, 9.17) is 26.9 Å². The minimum atomic E-state index is -1.01. The molecule has 0 aliphatic rings. The van der Waals surface area contributed by atoms with Crippen LogP contribution < -0.4 is 0 Å². The standard InChI is InChI=1S/C15H13ClFN3O3/c16-11-3-4-13(17)12(9-11)15(22)23-10-14(21)20(7-1-5-18)8-2-6-19/h3-4,9H,1-2,7-8,10H2. The van der Waals surface area contributed by atoms with Gasteiger partial charge in [0.25, 0.3) is 5.91 Å². The first-order valence-electron chi connectivity index (χ1n) is 6.63. The molecule has 0 spiro atoms. The summed E-state index contributed by atoms with van der Waals surface area (Å²) in [5.74, 6) is -2.39. The summed E-state index contributed by atoms with van der Waals surface area (Å²) >= 11 is 5.68. The summed E-state index contributed by atoms with van der Waals surface area (Å²) in [7, 11) is 0. The lowest BCUT2D eigenvalue weighted by Crippen LogP contribution is -2.36. The predicted molar refractivity (Wildman–Crippen MR) is 78.7 cm³/mol. The van der Waals surface area contributed by atoms with E-state index in [0.717, 1.165) is 12.1 Å². The van der Waals surface area contributed by atoms with Crippen LogP contribution in [0, 0.1) is 28.5 Å². The van der Waals surface area contributed by atoms with E-state index < -0.39 is 24.3 Å². The number of esters is 1. The lowest BCUT2D eigenvalue weighted by molar-refractivity contribution is -0.134. The zero-order valence-corrected chi connectivity index (χ0v) is 12.8. The molecule has 0 N–H and O–H groups in total. The molecule has 0 aliphatic carbocycles. The van der Waals surface area contributed by atoms with E-state index in [9.17, 15) is 14.0 Å². The average molecular weight is 338 g/mol. The highest BCUT2D eigenvalue weighted by Gasteiger charge is 2.18. The Labute approximate surface area is 137 Å². The first kappa shape index (κ1) is 18.4. The Balaban J connectivity index is 2.65. The number of nitrogens with zero attached hydrogens (tertiary/aromatic N) is 3. The third-order valence-electron chi connectivity index (χ3n) is 2.81. The van der Waals surface area contributed by atoms with Crippen molar-refractivity contribution >= 4 is 23.5 Å². The van der Waals surface area contributed by atoms with Crippen LogP contribution in [-0.4, -0.2) is 36.5 Å². The highest BCUT2D eigenvalue weighted by atomic mass is 35.5. The van der Waals surface area contributed by atoms with Crippen LogP contribution >= 0.6 is 11.6 Å². The minimum absolute atomic E-state index is 0.0913. The topological polar surface area (TPSA) is 94.2 Å². The van der Waals surface area contributed by atoms with Crippen molar-refractivity contribution in [2.24, 2.45) is 0 Å². The fraction of sp³-hybridized carbons (Fsp3) is 0.333. The second-order valence-electron chi connectivity index (χ2n) is 4.40. The van der Waals surface area contributed by atoms with Crippen LogP contribution in [0.5, 0.6) is 0 Å². The van der Waals surface area contributed by atoms with E-state index in [1.54, 1.807) is 0 Å². The summed E-state index contributed by atoms with van der Waals surface area (Å²) in [6, 6.07) is 7.18. The van der Waals surface area contributed by atoms with Crippen LogP contribution in [0.25, 0.3) is 0 Å². The molecule has 120 valence electrons. The Bertz CT molecular complexity index is 649. The number of carbonyl (C=O) groups excluding carboxylic acids is 2. The largest absolute Gasteiger partial charge is 0.452 e. The molecule has 23 heavy (non-hydrogen) atoms. The monoisotopic (exact) mass is 337 g/mol. The third-order valence-corrected chi connectivity index (χ3v) is 3.05. The maximum Gasteiger partial charge on any atom is 0.341 e. The number of rotatable bonds is 7. The molecule has 6 nitrogen and oxygen atoms in total. The summed E-state index contributed by atoms with van der Waals surface area (Å²) in [4.78, 5) is 25.0. The maximum absolute atomic E-state index is 13.5. The zero-order chi connectivity index (χ0) is 17.2. The van der Waals surface area contributed by atoms with Gasteiger partial charge in [0.05, 0.1) is 30.5 Å². The van der Waals surface area contributed by atoms with Crippen molar-refractivity contribution in [3.8, 4) is 12.1 Å². The van der Waals surface area contributed by atoms with Gasteiger partial charge in [0, 0.05) is 18.1 Å². The van der Waals surface area contributed by atoms with Gasteiger partial charge in [-0.3, -0.25) is 4.79 Å². The molecule has 0 aliphatic heterocycles. The van der Waals surface area contributed by atoms with Crippen molar-refractivity contribution in [3.05, 3.63) is 34.6 Å². The van der Waals surface area contributed by atoms with Gasteiger partial charge in [0.15, 0.2) is 6.61 Å². The van der Waals surface area contributed by atoms with E-state index in [1.807, 2.05) is 12.1 Å². The molecule has 0 saturated heterocycles.